The molecule has 2 aromatic heterocycles. The lowest BCUT2D eigenvalue weighted by atomic mass is 10.1. The Kier molecular flexibility index (Phi) is 4.50. The molecule has 2 heterocycles. The molecule has 1 N–H and O–H groups in total. The van der Waals surface area contributed by atoms with Crippen molar-refractivity contribution in [2.24, 2.45) is 7.05 Å². The number of oxazole rings is 1. The smallest absolute Gasteiger partial charge is 0.408 e. The molecule has 144 valence electrons. The topological polar surface area (TPSA) is 84.1 Å². The largest absolute Gasteiger partial charge is 0.419 e. The van der Waals surface area contributed by atoms with Crippen LogP contribution < -0.4 is 5.76 Å². The van der Waals surface area contributed by atoms with E-state index in [0.717, 1.165) is 22.4 Å². The van der Waals surface area contributed by atoms with Crippen LogP contribution in [0.3, 0.4) is 0 Å². The number of imidazole rings is 1. The minimum absolute atomic E-state index is 0.0784. The van der Waals surface area contributed by atoms with E-state index in [2.05, 4.69) is 9.97 Å². The number of H-pyrrole nitrogens is 1. The predicted molar refractivity (Wildman–Crippen MR) is 108 cm³/mol. The van der Waals surface area contributed by atoms with Crippen molar-refractivity contribution in [3.63, 3.8) is 0 Å². The maximum Gasteiger partial charge on any atom is 0.419 e. The number of nitrogens with one attached hydrogen (secondary N) is 1. The molecule has 0 atom stereocenters. The van der Waals surface area contributed by atoms with E-state index in [0.29, 0.717) is 36.2 Å². The van der Waals surface area contributed by atoms with Crippen LogP contribution in [-0.2, 0) is 13.5 Å². The van der Waals surface area contributed by atoms with Gasteiger partial charge in [-0.15, -0.1) is 0 Å². The molecule has 7 nitrogen and oxygen atoms in total. The zero-order valence-corrected chi connectivity index (χ0v) is 16.2. The van der Waals surface area contributed by atoms with Gasteiger partial charge in [0.2, 0.25) is 0 Å². The van der Waals surface area contributed by atoms with E-state index in [1.54, 1.807) is 30.1 Å². The second kappa shape index (κ2) is 6.99. The molecule has 0 bridgehead atoms. The standard InChI is InChI=1S/C21H22N4O3/c1-4-25(11-10-18-22-15-7-5-6-13(2)19(15)23-18)20(26)14-8-9-17-16(12-14)24(3)21(27)28-17/h5-9,12H,4,10-11H2,1-3H3,(H,22,23). The van der Waals surface area contributed by atoms with Gasteiger partial charge in [0, 0.05) is 32.1 Å². The Hall–Kier alpha value is -3.35. The molecule has 1 amide bonds. The third kappa shape index (κ3) is 3.09. The van der Waals surface area contributed by atoms with E-state index in [1.165, 1.54) is 4.57 Å². The van der Waals surface area contributed by atoms with Gasteiger partial charge >= 0.3 is 5.76 Å². The van der Waals surface area contributed by atoms with Crippen LogP contribution in [0.2, 0.25) is 0 Å². The van der Waals surface area contributed by atoms with Gasteiger partial charge < -0.3 is 14.3 Å². The van der Waals surface area contributed by atoms with Crippen LogP contribution in [0.4, 0.5) is 0 Å². The minimum atomic E-state index is -0.438. The highest BCUT2D eigenvalue weighted by molar-refractivity contribution is 5.97. The van der Waals surface area contributed by atoms with Gasteiger partial charge in [-0.05, 0) is 43.7 Å². The zero-order valence-electron chi connectivity index (χ0n) is 16.2. The maximum absolute atomic E-state index is 13.0. The molecule has 4 aromatic rings. The summed E-state index contributed by atoms with van der Waals surface area (Å²) >= 11 is 0. The fourth-order valence-corrected chi connectivity index (χ4v) is 3.43. The van der Waals surface area contributed by atoms with Crippen LogP contribution in [0.1, 0.15) is 28.7 Å². The Labute approximate surface area is 161 Å². The van der Waals surface area contributed by atoms with Crippen LogP contribution in [0.5, 0.6) is 0 Å². The highest BCUT2D eigenvalue weighted by atomic mass is 16.4. The average molecular weight is 378 g/mol. The lowest BCUT2D eigenvalue weighted by Crippen LogP contribution is -2.32. The summed E-state index contributed by atoms with van der Waals surface area (Å²) in [6, 6.07) is 11.1. The molecule has 0 spiro atoms. The Morgan fingerprint density at radius 2 is 2.11 bits per heavy atom. The van der Waals surface area contributed by atoms with Gasteiger partial charge in [0.05, 0.1) is 16.6 Å². The summed E-state index contributed by atoms with van der Waals surface area (Å²) in [5, 5.41) is 0. The zero-order chi connectivity index (χ0) is 19.8. The third-order valence-electron chi connectivity index (χ3n) is 5.09. The number of aromatic nitrogens is 3. The van der Waals surface area contributed by atoms with Gasteiger partial charge in [-0.1, -0.05) is 12.1 Å². The van der Waals surface area contributed by atoms with Crippen LogP contribution in [-0.4, -0.2) is 38.4 Å². The van der Waals surface area contributed by atoms with E-state index in [9.17, 15) is 9.59 Å². The lowest BCUT2D eigenvalue weighted by molar-refractivity contribution is 0.0765. The first kappa shape index (κ1) is 18.0. The van der Waals surface area contributed by atoms with Crippen LogP contribution in [0, 0.1) is 6.92 Å². The Balaban J connectivity index is 1.54. The average Bonchev–Trinajstić information content (AvgIpc) is 3.24. The monoisotopic (exact) mass is 378 g/mol. The summed E-state index contributed by atoms with van der Waals surface area (Å²) in [7, 11) is 1.63. The molecule has 28 heavy (non-hydrogen) atoms. The number of para-hydroxylation sites is 1. The summed E-state index contributed by atoms with van der Waals surface area (Å²) in [4.78, 5) is 34.4. The van der Waals surface area contributed by atoms with Gasteiger partial charge in [-0.25, -0.2) is 9.78 Å². The number of carbonyl (C=O) groups excluding carboxylic acids is 1. The number of rotatable bonds is 5. The highest BCUT2D eigenvalue weighted by Gasteiger charge is 2.17. The number of carbonyl (C=O) groups is 1. The minimum Gasteiger partial charge on any atom is -0.408 e. The van der Waals surface area contributed by atoms with Crippen molar-refractivity contribution in [2.75, 3.05) is 13.1 Å². The molecule has 0 aliphatic rings. The molecule has 0 aliphatic heterocycles. The quantitative estimate of drug-likeness (QED) is 0.579. The second-order valence-corrected chi connectivity index (χ2v) is 6.90. The number of benzene rings is 2. The number of hydrogen-bond donors (Lipinski definition) is 1. The molecule has 0 aliphatic carbocycles. The molecule has 0 fully saturated rings. The van der Waals surface area contributed by atoms with Gasteiger partial charge in [-0.3, -0.25) is 9.36 Å². The van der Waals surface area contributed by atoms with Crippen molar-refractivity contribution in [2.45, 2.75) is 20.3 Å². The van der Waals surface area contributed by atoms with Crippen molar-refractivity contribution in [3.8, 4) is 0 Å². The first-order valence-electron chi connectivity index (χ1n) is 9.31. The van der Waals surface area contributed by atoms with E-state index in [-0.39, 0.29) is 5.91 Å². The SMILES string of the molecule is CCN(CCc1nc2c(C)cccc2[nH]1)C(=O)c1ccc2oc(=O)n(C)c2c1. The summed E-state index contributed by atoms with van der Waals surface area (Å²) < 4.78 is 6.54. The predicted octanol–water partition coefficient (Wildman–Crippen LogP) is 3.02. The number of nitrogens with zero attached hydrogens (tertiary/aromatic N) is 3. The number of fused-ring (bicyclic) bond motifs is 2. The normalized spacial score (nSPS) is 11.4. The molecule has 4 rings (SSSR count). The summed E-state index contributed by atoms with van der Waals surface area (Å²) in [6.07, 6.45) is 0.639. The van der Waals surface area contributed by atoms with E-state index >= 15 is 0 Å². The van der Waals surface area contributed by atoms with Crippen molar-refractivity contribution in [3.05, 3.63) is 63.9 Å². The van der Waals surface area contributed by atoms with Gasteiger partial charge in [0.25, 0.3) is 5.91 Å². The number of aryl methyl sites for hydroxylation is 2. The van der Waals surface area contributed by atoms with Gasteiger partial charge in [0.15, 0.2) is 5.58 Å². The molecule has 0 saturated carbocycles. The van der Waals surface area contributed by atoms with Crippen LogP contribution in [0.15, 0.2) is 45.6 Å². The van der Waals surface area contributed by atoms with Crippen LogP contribution in [0.25, 0.3) is 22.1 Å². The number of likely N-dealkylation sites (N-methyl/N-ethyl adjacent to an activating group) is 1. The molecular weight excluding hydrogens is 356 g/mol. The Morgan fingerprint density at radius 3 is 2.86 bits per heavy atom. The van der Waals surface area contributed by atoms with Gasteiger partial charge in [-0.2, -0.15) is 0 Å². The van der Waals surface area contributed by atoms with E-state index in [4.69, 9.17) is 4.42 Å². The van der Waals surface area contributed by atoms with E-state index < -0.39 is 5.76 Å². The molecule has 0 radical (unpaired) electrons. The molecule has 7 heteroatoms. The highest BCUT2D eigenvalue weighted by Crippen LogP contribution is 2.18. The summed E-state index contributed by atoms with van der Waals surface area (Å²) in [5.74, 6) is 0.348. The Morgan fingerprint density at radius 1 is 1.29 bits per heavy atom. The summed E-state index contributed by atoms with van der Waals surface area (Å²) in [5.41, 5.74) is 4.73. The molecule has 0 unspecified atom stereocenters. The summed E-state index contributed by atoms with van der Waals surface area (Å²) in [6.45, 7) is 5.12. The van der Waals surface area contributed by atoms with Crippen LogP contribution >= 0.6 is 0 Å². The first-order chi connectivity index (χ1) is 13.5. The number of aromatic amines is 1. The lowest BCUT2D eigenvalue weighted by Gasteiger charge is -2.20. The molecule has 2 aromatic carbocycles. The van der Waals surface area contributed by atoms with Crippen molar-refractivity contribution in [1.82, 2.24) is 19.4 Å². The Bertz CT molecular complexity index is 1230. The van der Waals surface area contributed by atoms with Gasteiger partial charge in [0.1, 0.15) is 5.82 Å². The second-order valence-electron chi connectivity index (χ2n) is 6.90. The van der Waals surface area contributed by atoms with Crippen molar-refractivity contribution < 1.29 is 9.21 Å². The maximum atomic E-state index is 13.0. The fraction of sp³-hybridized carbons (Fsp3) is 0.286. The van der Waals surface area contributed by atoms with E-state index in [1.807, 2.05) is 32.0 Å². The fourth-order valence-electron chi connectivity index (χ4n) is 3.43. The number of amides is 1. The first-order valence-corrected chi connectivity index (χ1v) is 9.31. The van der Waals surface area contributed by atoms with Crippen molar-refractivity contribution in [1.29, 1.82) is 0 Å². The molecule has 0 saturated heterocycles. The molecular formula is C21H22N4O3. The van der Waals surface area contributed by atoms with Crippen molar-refractivity contribution >= 4 is 28.0 Å². The number of hydrogen-bond acceptors (Lipinski definition) is 4. The third-order valence-corrected chi connectivity index (χ3v) is 5.09.